The molecule has 12 nitrogen and oxygen atoms in total. The van der Waals surface area contributed by atoms with Crippen LogP contribution in [-0.2, 0) is 6.61 Å². The van der Waals surface area contributed by atoms with Crippen LogP contribution in [0.1, 0.15) is 77.4 Å². The van der Waals surface area contributed by atoms with E-state index < -0.39 is 18.2 Å². The largest absolute Gasteiger partial charge is 0.506 e. The summed E-state index contributed by atoms with van der Waals surface area (Å²) in [6.07, 6.45) is 1.87. The normalized spacial score (nSPS) is 18.4. The first-order chi connectivity index (χ1) is 28.2. The van der Waals surface area contributed by atoms with Crippen LogP contribution in [0, 0.1) is 5.92 Å². The van der Waals surface area contributed by atoms with Crippen molar-refractivity contribution in [3.63, 3.8) is 0 Å². The summed E-state index contributed by atoms with van der Waals surface area (Å²) in [4.78, 5) is 46.7. The van der Waals surface area contributed by atoms with E-state index in [2.05, 4.69) is 15.2 Å². The molecule has 5 N–H and O–H groups in total. The zero-order valence-electron chi connectivity index (χ0n) is 32.9. The molecule has 8 rings (SSSR count). The molecule has 0 spiro atoms. The Hall–Kier alpha value is -5.69. The van der Waals surface area contributed by atoms with Crippen molar-refractivity contribution in [2.24, 2.45) is 5.92 Å². The van der Waals surface area contributed by atoms with Crippen LogP contribution in [0.5, 0.6) is 11.5 Å². The van der Waals surface area contributed by atoms with Gasteiger partial charge in [0.2, 0.25) is 5.56 Å². The highest BCUT2D eigenvalue weighted by atomic mass is 16.5. The number of aliphatic hydroxyl groups excluding tert-OH is 1. The van der Waals surface area contributed by atoms with Gasteiger partial charge in [-0.25, -0.2) is 4.79 Å². The van der Waals surface area contributed by atoms with Gasteiger partial charge < -0.3 is 40.2 Å². The Morgan fingerprint density at radius 1 is 0.931 bits per heavy atom. The van der Waals surface area contributed by atoms with E-state index in [1.807, 2.05) is 90.7 Å². The highest BCUT2D eigenvalue weighted by Crippen LogP contribution is 2.39. The number of phenolic OH excluding ortho intramolecular Hbond substituents is 1. The van der Waals surface area contributed by atoms with E-state index >= 15 is 0 Å². The molecule has 304 valence electrons. The number of benzene rings is 4. The Kier molecular flexibility index (Phi) is 13.1. The lowest BCUT2D eigenvalue weighted by Crippen LogP contribution is -2.59. The lowest BCUT2D eigenvalue weighted by Gasteiger charge is -2.50. The predicted octanol–water partition coefficient (Wildman–Crippen LogP) is 6.54. The number of aromatic hydroxyl groups is 1. The molecular weight excluding hydrogens is 735 g/mol. The topological polar surface area (TPSA) is 159 Å². The second-order valence-corrected chi connectivity index (χ2v) is 15.4. The summed E-state index contributed by atoms with van der Waals surface area (Å²) < 4.78 is 6.26. The first-order valence-electron chi connectivity index (χ1n) is 20.3. The maximum Gasteiger partial charge on any atom is 0.408 e. The van der Waals surface area contributed by atoms with Gasteiger partial charge in [0.1, 0.15) is 18.1 Å². The van der Waals surface area contributed by atoms with Crippen LogP contribution >= 0.6 is 0 Å². The van der Waals surface area contributed by atoms with E-state index in [0.29, 0.717) is 59.9 Å². The predicted molar refractivity (Wildman–Crippen MR) is 223 cm³/mol. The van der Waals surface area contributed by atoms with Crippen LogP contribution in [0.4, 0.5) is 4.79 Å². The van der Waals surface area contributed by atoms with Crippen LogP contribution in [0.2, 0.25) is 0 Å². The van der Waals surface area contributed by atoms with Gasteiger partial charge in [-0.3, -0.25) is 14.5 Å². The number of aromatic nitrogens is 1. The van der Waals surface area contributed by atoms with Crippen LogP contribution in [0.25, 0.3) is 10.9 Å². The third-order valence-corrected chi connectivity index (χ3v) is 11.7. The Bertz CT molecular complexity index is 2220. The summed E-state index contributed by atoms with van der Waals surface area (Å²) in [5.74, 6) is 0.901. The number of aromatic amines is 1. The number of aliphatic hydroxyl groups is 1. The van der Waals surface area contributed by atoms with Crippen LogP contribution in [0.3, 0.4) is 0 Å². The molecule has 0 unspecified atom stereocenters. The SMILES string of the molecule is CCN(CCCCNC[C@H](O)c1ccc(O)c2[nH]c(=O)ccc12)C(=O)c1ccc(COc2cccc([C@H](c3ccccc3)N(C(=O)O)[C@H]3CN4CCC3CC4)c2)cc1. The van der Waals surface area contributed by atoms with Crippen molar-refractivity contribution >= 4 is 22.9 Å². The third kappa shape index (κ3) is 9.36. The van der Waals surface area contributed by atoms with Crippen LogP contribution < -0.4 is 15.6 Å². The first-order valence-corrected chi connectivity index (χ1v) is 20.3. The number of hydrogen-bond acceptors (Lipinski definition) is 8. The summed E-state index contributed by atoms with van der Waals surface area (Å²) in [7, 11) is 0. The van der Waals surface area contributed by atoms with Crippen LogP contribution in [-0.4, -0.2) is 98.9 Å². The molecule has 2 amide bonds. The molecule has 4 aromatic carbocycles. The number of phenols is 1. The standard InChI is InChI=1S/C46H53N5O7/c1-2-50(24-7-6-23-47-28-41(53)37-17-19-40(52)43-38(37)18-20-42(54)48-43)45(55)34-15-13-31(14-16-34)30-58-36-12-8-11-35(27-36)44(33-9-4-3-5-10-33)51(46(56)57)39-29-49-25-21-32(39)22-26-49/h3-5,8-20,27,32,39,41,44,47,52-53H,2,6-7,21-26,28-30H2,1H3,(H,48,54)(H,56,57)/t39-,41-,44-/m0/s1. The maximum absolute atomic E-state index is 13.4. The Morgan fingerprint density at radius 3 is 2.40 bits per heavy atom. The highest BCUT2D eigenvalue weighted by molar-refractivity contribution is 5.94. The van der Waals surface area contributed by atoms with E-state index in [-0.39, 0.29) is 29.9 Å². The van der Waals surface area contributed by atoms with Crippen molar-refractivity contribution in [2.45, 2.75) is 57.4 Å². The number of carboxylic acid groups (broad SMARTS) is 1. The van der Waals surface area contributed by atoms with Crippen molar-refractivity contribution < 1.29 is 29.6 Å². The zero-order chi connectivity index (χ0) is 40.6. The summed E-state index contributed by atoms with van der Waals surface area (Å²) in [6, 6.07) is 30.6. The fourth-order valence-electron chi connectivity index (χ4n) is 8.56. The number of amides is 2. The molecule has 3 aliphatic rings. The Balaban J connectivity index is 0.911. The van der Waals surface area contributed by atoms with Gasteiger partial charge in [-0.15, -0.1) is 0 Å². The number of hydrogen-bond donors (Lipinski definition) is 5. The average molecular weight is 788 g/mol. The molecule has 58 heavy (non-hydrogen) atoms. The lowest BCUT2D eigenvalue weighted by atomic mass is 9.81. The fourth-order valence-corrected chi connectivity index (χ4v) is 8.56. The number of unbranched alkanes of at least 4 members (excludes halogenated alkanes) is 1. The van der Waals surface area contributed by atoms with E-state index in [4.69, 9.17) is 4.74 Å². The molecule has 5 aromatic rings. The first kappa shape index (κ1) is 40.5. The van der Waals surface area contributed by atoms with Crippen molar-refractivity contribution in [3.8, 4) is 11.5 Å². The van der Waals surface area contributed by atoms with Gasteiger partial charge in [0.05, 0.1) is 23.7 Å². The number of nitrogens with zero attached hydrogens (tertiary/aromatic N) is 3. The number of carbonyl (C=O) groups is 2. The highest BCUT2D eigenvalue weighted by Gasteiger charge is 2.43. The zero-order valence-corrected chi connectivity index (χ0v) is 32.9. The van der Waals surface area contributed by atoms with Crippen molar-refractivity contribution in [1.29, 1.82) is 0 Å². The average Bonchev–Trinajstić information content (AvgIpc) is 3.25. The molecule has 3 saturated heterocycles. The molecule has 3 atom stereocenters. The molecule has 3 aliphatic heterocycles. The van der Waals surface area contributed by atoms with Gasteiger partial charge >= 0.3 is 6.09 Å². The maximum atomic E-state index is 13.4. The number of fused-ring (bicyclic) bond motifs is 4. The van der Waals surface area contributed by atoms with E-state index in [9.17, 15) is 29.7 Å². The second-order valence-electron chi connectivity index (χ2n) is 15.4. The minimum absolute atomic E-state index is 0.0405. The van der Waals surface area contributed by atoms with E-state index in [1.54, 1.807) is 17.0 Å². The Morgan fingerprint density at radius 2 is 1.69 bits per heavy atom. The molecule has 0 saturated carbocycles. The van der Waals surface area contributed by atoms with Gasteiger partial charge in [-0.2, -0.15) is 0 Å². The summed E-state index contributed by atoms with van der Waals surface area (Å²) in [6.45, 7) is 7.19. The summed E-state index contributed by atoms with van der Waals surface area (Å²) in [5.41, 5.74) is 3.88. The minimum Gasteiger partial charge on any atom is -0.506 e. The number of piperidine rings is 3. The van der Waals surface area contributed by atoms with Gasteiger partial charge in [0.25, 0.3) is 5.91 Å². The van der Waals surface area contributed by atoms with Crippen molar-refractivity contribution in [1.82, 2.24) is 25.0 Å². The molecule has 0 aliphatic carbocycles. The van der Waals surface area contributed by atoms with E-state index in [0.717, 1.165) is 62.0 Å². The number of H-pyrrole nitrogens is 1. The van der Waals surface area contributed by atoms with Gasteiger partial charge in [0.15, 0.2) is 0 Å². The molecule has 1 aromatic heterocycles. The third-order valence-electron chi connectivity index (χ3n) is 11.7. The van der Waals surface area contributed by atoms with Gasteiger partial charge in [0, 0.05) is 43.2 Å². The fraction of sp³-hybridized carbons (Fsp3) is 0.370. The molecule has 12 heteroatoms. The van der Waals surface area contributed by atoms with Crippen molar-refractivity contribution in [2.75, 3.05) is 45.8 Å². The second kappa shape index (κ2) is 18.7. The number of nitrogens with one attached hydrogen (secondary N) is 2. The lowest BCUT2D eigenvalue weighted by molar-refractivity contribution is -0.000814. The summed E-state index contributed by atoms with van der Waals surface area (Å²) >= 11 is 0. The Labute approximate surface area is 338 Å². The molecule has 2 bridgehead atoms. The van der Waals surface area contributed by atoms with E-state index in [1.165, 1.54) is 12.1 Å². The van der Waals surface area contributed by atoms with Gasteiger partial charge in [-0.05, 0) is 117 Å². The monoisotopic (exact) mass is 787 g/mol. The molecule has 3 fully saturated rings. The molecule has 4 heterocycles. The number of carbonyl (C=O) groups excluding carboxylic acids is 1. The summed E-state index contributed by atoms with van der Waals surface area (Å²) in [5, 5.41) is 35.5. The molecule has 0 radical (unpaired) electrons. The van der Waals surface area contributed by atoms with Crippen molar-refractivity contribution in [3.05, 3.63) is 141 Å². The quantitative estimate of drug-likeness (QED) is 0.0660. The number of ether oxygens (including phenoxy) is 1. The van der Waals surface area contributed by atoms with Crippen LogP contribution in [0.15, 0.2) is 108 Å². The number of pyridine rings is 1. The smallest absolute Gasteiger partial charge is 0.408 e. The van der Waals surface area contributed by atoms with Gasteiger partial charge in [-0.1, -0.05) is 60.7 Å². The molecular formula is C46H53N5O7. The number of rotatable bonds is 17. The minimum atomic E-state index is -0.915.